The van der Waals surface area contributed by atoms with Gasteiger partial charge in [-0.05, 0) is 79.8 Å². The van der Waals surface area contributed by atoms with Gasteiger partial charge in [-0.15, -0.1) is 0 Å². The van der Waals surface area contributed by atoms with Gasteiger partial charge < -0.3 is 0 Å². The van der Waals surface area contributed by atoms with E-state index in [-0.39, 0.29) is 5.54 Å². The summed E-state index contributed by atoms with van der Waals surface area (Å²) in [5.41, 5.74) is 7.05. The molecule has 2 heteroatoms. The van der Waals surface area contributed by atoms with Gasteiger partial charge in [-0.2, -0.15) is 0 Å². The zero-order valence-electron chi connectivity index (χ0n) is 18.4. The first-order chi connectivity index (χ1) is 15.2. The maximum absolute atomic E-state index is 13.9. The third kappa shape index (κ3) is 3.74. The van der Waals surface area contributed by atoms with Crippen molar-refractivity contribution in [3.63, 3.8) is 0 Å². The van der Waals surface area contributed by atoms with Gasteiger partial charge in [0.2, 0.25) is 0 Å². The van der Waals surface area contributed by atoms with Crippen molar-refractivity contribution < 1.29 is 4.79 Å². The lowest BCUT2D eigenvalue weighted by atomic mass is 9.71. The predicted molar refractivity (Wildman–Crippen MR) is 128 cm³/mol. The van der Waals surface area contributed by atoms with Crippen molar-refractivity contribution in [1.29, 1.82) is 0 Å². The van der Waals surface area contributed by atoms with E-state index in [9.17, 15) is 4.79 Å². The van der Waals surface area contributed by atoms with E-state index in [2.05, 4.69) is 78.6 Å². The second-order valence-corrected chi connectivity index (χ2v) is 9.22. The van der Waals surface area contributed by atoms with Gasteiger partial charge in [0.05, 0.1) is 5.54 Å². The van der Waals surface area contributed by atoms with Gasteiger partial charge >= 0.3 is 0 Å². The maximum atomic E-state index is 13.9. The quantitative estimate of drug-likeness (QED) is 0.507. The summed E-state index contributed by atoms with van der Waals surface area (Å²) in [4.78, 5) is 16.4. The number of hydrogen-bond acceptors (Lipinski definition) is 2. The molecule has 1 spiro atoms. The molecule has 1 unspecified atom stereocenters. The molecule has 1 saturated heterocycles. The molecule has 0 radical (unpaired) electrons. The highest BCUT2D eigenvalue weighted by atomic mass is 16.1. The minimum absolute atomic E-state index is 0.303. The van der Waals surface area contributed by atoms with Gasteiger partial charge in [0.1, 0.15) is 0 Å². The summed E-state index contributed by atoms with van der Waals surface area (Å²) in [5, 5.41) is 0. The molecule has 1 fully saturated rings. The van der Waals surface area contributed by atoms with Crippen LogP contribution in [-0.4, -0.2) is 29.3 Å². The first-order valence-electron chi connectivity index (χ1n) is 11.7. The molecule has 2 nitrogen and oxygen atoms in total. The number of rotatable bonds is 4. The molecule has 1 atom stereocenters. The van der Waals surface area contributed by atoms with Crippen LogP contribution in [0, 0.1) is 6.92 Å². The summed E-state index contributed by atoms with van der Waals surface area (Å²) in [6.07, 6.45) is 6.31. The highest BCUT2D eigenvalue weighted by Gasteiger charge is 2.47. The zero-order chi connectivity index (χ0) is 21.3. The molecule has 0 amide bonds. The SMILES string of the molecule is Cc1ccccc1CCN1CCCCC12CCc1cc(-c3ccccc3)ccc1C2=O. The van der Waals surface area contributed by atoms with E-state index < -0.39 is 0 Å². The number of ketones is 1. The summed E-state index contributed by atoms with van der Waals surface area (Å²) < 4.78 is 0. The molecule has 5 rings (SSSR count). The Hall–Kier alpha value is -2.71. The second-order valence-electron chi connectivity index (χ2n) is 9.22. The van der Waals surface area contributed by atoms with Crippen LogP contribution in [0.1, 0.15) is 52.7 Å². The van der Waals surface area contributed by atoms with Crippen LogP contribution in [-0.2, 0) is 12.8 Å². The lowest BCUT2D eigenvalue weighted by Crippen LogP contribution is -2.59. The van der Waals surface area contributed by atoms with Crippen molar-refractivity contribution in [3.8, 4) is 11.1 Å². The van der Waals surface area contributed by atoms with E-state index in [4.69, 9.17) is 0 Å². The molecule has 0 aromatic heterocycles. The monoisotopic (exact) mass is 409 g/mol. The molecule has 0 N–H and O–H groups in total. The molecule has 3 aromatic rings. The predicted octanol–water partition coefficient (Wildman–Crippen LogP) is 6.26. The van der Waals surface area contributed by atoms with Gasteiger partial charge in [-0.25, -0.2) is 0 Å². The molecule has 0 saturated carbocycles. The normalized spacial score (nSPS) is 21.3. The first kappa shape index (κ1) is 20.2. The van der Waals surface area contributed by atoms with Crippen molar-refractivity contribution in [2.45, 2.75) is 51.0 Å². The third-order valence-electron chi connectivity index (χ3n) is 7.47. The number of carbonyl (C=O) groups is 1. The van der Waals surface area contributed by atoms with Crippen molar-refractivity contribution in [2.75, 3.05) is 13.1 Å². The van der Waals surface area contributed by atoms with Crippen molar-refractivity contribution in [3.05, 3.63) is 95.1 Å². The Labute approximate surface area is 185 Å². The highest BCUT2D eigenvalue weighted by Crippen LogP contribution is 2.41. The number of hydrogen-bond donors (Lipinski definition) is 0. The molecule has 1 heterocycles. The summed E-state index contributed by atoms with van der Waals surface area (Å²) in [5.74, 6) is 0.359. The van der Waals surface area contributed by atoms with Gasteiger partial charge in [0.25, 0.3) is 0 Å². The third-order valence-corrected chi connectivity index (χ3v) is 7.47. The van der Waals surface area contributed by atoms with Gasteiger partial charge in [0.15, 0.2) is 5.78 Å². The minimum Gasteiger partial charge on any atom is -0.292 e. The average Bonchev–Trinajstić information content (AvgIpc) is 2.82. The first-order valence-corrected chi connectivity index (χ1v) is 11.7. The number of nitrogens with zero attached hydrogens (tertiary/aromatic N) is 1. The Morgan fingerprint density at radius 1 is 0.871 bits per heavy atom. The summed E-state index contributed by atoms with van der Waals surface area (Å²) in [6, 6.07) is 25.6. The van der Waals surface area contributed by atoms with Gasteiger partial charge in [-0.1, -0.05) is 72.8 Å². The molecule has 2 aliphatic rings. The van der Waals surface area contributed by atoms with Crippen LogP contribution in [0.5, 0.6) is 0 Å². The lowest BCUT2D eigenvalue weighted by molar-refractivity contribution is 0.0298. The van der Waals surface area contributed by atoms with Crippen molar-refractivity contribution >= 4 is 5.78 Å². The Balaban J connectivity index is 1.41. The Morgan fingerprint density at radius 3 is 2.52 bits per heavy atom. The van der Waals surface area contributed by atoms with E-state index in [0.29, 0.717) is 5.78 Å². The fourth-order valence-corrected chi connectivity index (χ4v) is 5.64. The number of aryl methyl sites for hydroxylation is 2. The topological polar surface area (TPSA) is 20.3 Å². The van der Waals surface area contributed by atoms with E-state index in [0.717, 1.165) is 50.8 Å². The zero-order valence-corrected chi connectivity index (χ0v) is 18.4. The number of benzene rings is 3. The largest absolute Gasteiger partial charge is 0.292 e. The molecular formula is C29H31NO. The molecule has 0 bridgehead atoms. The maximum Gasteiger partial charge on any atom is 0.183 e. The molecule has 1 aliphatic carbocycles. The Kier molecular flexibility index (Phi) is 5.50. The van der Waals surface area contributed by atoms with E-state index in [1.807, 2.05) is 6.07 Å². The second kappa shape index (κ2) is 8.43. The van der Waals surface area contributed by atoms with Crippen molar-refractivity contribution in [2.24, 2.45) is 0 Å². The Bertz CT molecular complexity index is 1090. The molecule has 1 aliphatic heterocycles. The summed E-state index contributed by atoms with van der Waals surface area (Å²) in [6.45, 7) is 4.19. The van der Waals surface area contributed by atoms with Crippen molar-refractivity contribution in [1.82, 2.24) is 4.90 Å². The number of Topliss-reactive ketones (excluding diaryl/α,β-unsaturated/α-hetero) is 1. The number of likely N-dealkylation sites (tertiary alicyclic amines) is 1. The van der Waals surface area contributed by atoms with Gasteiger partial charge in [0, 0.05) is 12.1 Å². The molecule has 158 valence electrons. The minimum atomic E-state index is -0.303. The van der Waals surface area contributed by atoms with Crippen LogP contribution >= 0.6 is 0 Å². The standard InChI is InChI=1S/C29H31NO/c1-22-9-5-6-10-23(22)16-20-30-19-8-7-17-29(30)18-15-26-21-25(13-14-27(26)28(29)31)24-11-3-2-4-12-24/h2-6,9-14,21H,7-8,15-20H2,1H3. The van der Waals surface area contributed by atoms with E-state index >= 15 is 0 Å². The highest BCUT2D eigenvalue weighted by molar-refractivity contribution is 6.06. The fraction of sp³-hybridized carbons (Fsp3) is 0.345. The van der Waals surface area contributed by atoms with Crippen LogP contribution in [0.15, 0.2) is 72.8 Å². The van der Waals surface area contributed by atoms with E-state index in [1.54, 1.807) is 0 Å². The van der Waals surface area contributed by atoms with Crippen LogP contribution in [0.4, 0.5) is 0 Å². The summed E-state index contributed by atoms with van der Waals surface area (Å²) in [7, 11) is 0. The number of fused-ring (bicyclic) bond motifs is 1. The van der Waals surface area contributed by atoms with Crippen LogP contribution < -0.4 is 0 Å². The van der Waals surface area contributed by atoms with Gasteiger partial charge in [-0.3, -0.25) is 9.69 Å². The number of carbonyl (C=O) groups excluding carboxylic acids is 1. The van der Waals surface area contributed by atoms with E-state index in [1.165, 1.54) is 34.2 Å². The lowest BCUT2D eigenvalue weighted by Gasteiger charge is -2.48. The van der Waals surface area contributed by atoms with Crippen LogP contribution in [0.3, 0.4) is 0 Å². The fourth-order valence-electron chi connectivity index (χ4n) is 5.64. The molecular weight excluding hydrogens is 378 g/mol. The van der Waals surface area contributed by atoms with Crippen LogP contribution in [0.2, 0.25) is 0 Å². The average molecular weight is 410 g/mol. The molecule has 31 heavy (non-hydrogen) atoms. The summed E-state index contributed by atoms with van der Waals surface area (Å²) >= 11 is 0. The molecule has 3 aromatic carbocycles. The number of piperidine rings is 1. The smallest absolute Gasteiger partial charge is 0.183 e. The van der Waals surface area contributed by atoms with Crippen LogP contribution in [0.25, 0.3) is 11.1 Å². The Morgan fingerprint density at radius 2 is 1.68 bits per heavy atom.